The normalized spacial score (nSPS) is 17.3. The van der Waals surface area contributed by atoms with Crippen LogP contribution in [-0.2, 0) is 23.3 Å². The maximum absolute atomic E-state index is 11.8. The molecule has 2 N–H and O–H groups in total. The first-order valence-electron chi connectivity index (χ1n) is 10.6. The number of hydrogen-bond donors (Lipinski definition) is 2. The van der Waals surface area contributed by atoms with Gasteiger partial charge in [0, 0.05) is 50.1 Å². The van der Waals surface area contributed by atoms with Gasteiger partial charge in [-0.15, -0.1) is 24.0 Å². The molecule has 5 nitrogen and oxygen atoms in total. The molecular weight excluding hydrogens is 523 g/mol. The molecule has 0 spiro atoms. The average Bonchev–Trinajstić information content (AvgIpc) is 3.45. The van der Waals surface area contributed by atoms with Crippen molar-refractivity contribution in [3.05, 3.63) is 70.2 Å². The Labute approximate surface area is 206 Å². The molecule has 31 heavy (non-hydrogen) atoms. The summed E-state index contributed by atoms with van der Waals surface area (Å²) in [6.45, 7) is 3.13. The molecule has 0 radical (unpaired) electrons. The molecule has 0 unspecified atom stereocenters. The van der Waals surface area contributed by atoms with Crippen molar-refractivity contribution in [2.75, 3.05) is 20.1 Å². The van der Waals surface area contributed by atoms with Crippen LogP contribution in [0.1, 0.15) is 42.4 Å². The van der Waals surface area contributed by atoms with Crippen molar-refractivity contribution in [3.63, 3.8) is 0 Å². The van der Waals surface area contributed by atoms with E-state index in [2.05, 4.69) is 52.0 Å². The van der Waals surface area contributed by atoms with Crippen molar-refractivity contribution in [3.8, 4) is 0 Å². The highest BCUT2D eigenvalue weighted by Crippen LogP contribution is 2.48. The average molecular weight is 553 g/mol. The van der Waals surface area contributed by atoms with E-state index in [4.69, 9.17) is 11.6 Å². The number of benzene rings is 2. The Morgan fingerprint density at radius 3 is 2.48 bits per heavy atom. The van der Waals surface area contributed by atoms with Crippen LogP contribution in [0.4, 0.5) is 0 Å². The molecule has 4 rings (SSSR count). The molecule has 2 aliphatic rings. The summed E-state index contributed by atoms with van der Waals surface area (Å²) in [5, 5.41) is 7.66. The molecule has 0 atom stereocenters. The topological polar surface area (TPSA) is 56.7 Å². The standard InChI is InChI=1S/C24H29ClN4O.HI/c1-26-23(28-17-24(11-12-24)20-4-2-5-21(25)14-20)27-15-18-7-9-19(10-8-18)16-29-13-3-6-22(29)30;/h2,4-5,7-10,14H,3,6,11-13,15-17H2,1H3,(H2,26,27,28);1H. The van der Waals surface area contributed by atoms with E-state index in [-0.39, 0.29) is 35.3 Å². The van der Waals surface area contributed by atoms with Crippen molar-refractivity contribution in [1.82, 2.24) is 15.5 Å². The van der Waals surface area contributed by atoms with Gasteiger partial charge in [0.25, 0.3) is 0 Å². The fourth-order valence-corrected chi connectivity index (χ4v) is 4.24. The zero-order valence-electron chi connectivity index (χ0n) is 17.9. The van der Waals surface area contributed by atoms with Crippen molar-refractivity contribution in [2.24, 2.45) is 4.99 Å². The second-order valence-electron chi connectivity index (χ2n) is 8.31. The minimum Gasteiger partial charge on any atom is -0.356 e. The zero-order valence-corrected chi connectivity index (χ0v) is 21.0. The number of carbonyl (C=O) groups excluding carboxylic acids is 1. The Morgan fingerprint density at radius 2 is 1.87 bits per heavy atom. The van der Waals surface area contributed by atoms with Crippen LogP contribution in [0.5, 0.6) is 0 Å². The highest BCUT2D eigenvalue weighted by Gasteiger charge is 2.44. The van der Waals surface area contributed by atoms with Gasteiger partial charge in [-0.05, 0) is 48.1 Å². The smallest absolute Gasteiger partial charge is 0.222 e. The van der Waals surface area contributed by atoms with E-state index in [1.165, 1.54) is 16.7 Å². The van der Waals surface area contributed by atoms with Crippen LogP contribution < -0.4 is 10.6 Å². The quantitative estimate of drug-likeness (QED) is 0.303. The van der Waals surface area contributed by atoms with Gasteiger partial charge in [0.1, 0.15) is 0 Å². The molecule has 7 heteroatoms. The third-order valence-electron chi connectivity index (χ3n) is 6.14. The van der Waals surface area contributed by atoms with Gasteiger partial charge < -0.3 is 15.5 Å². The Balaban J connectivity index is 0.00000272. The summed E-state index contributed by atoms with van der Waals surface area (Å²) in [4.78, 5) is 18.1. The van der Waals surface area contributed by atoms with Crippen molar-refractivity contribution < 1.29 is 4.79 Å². The lowest BCUT2D eigenvalue weighted by Crippen LogP contribution is -2.40. The predicted molar refractivity (Wildman–Crippen MR) is 137 cm³/mol. The number of carbonyl (C=O) groups is 1. The third kappa shape index (κ3) is 6.13. The molecule has 166 valence electrons. The molecule has 1 saturated carbocycles. The number of halogens is 2. The number of nitrogens with one attached hydrogen (secondary N) is 2. The number of nitrogens with zero attached hydrogens (tertiary/aromatic N) is 2. The lowest BCUT2D eigenvalue weighted by atomic mass is 9.96. The number of amides is 1. The summed E-state index contributed by atoms with van der Waals surface area (Å²) in [5.74, 6) is 1.07. The highest BCUT2D eigenvalue weighted by atomic mass is 127. The highest BCUT2D eigenvalue weighted by molar-refractivity contribution is 14.0. The van der Waals surface area contributed by atoms with Crippen LogP contribution in [0, 0.1) is 0 Å². The maximum atomic E-state index is 11.8. The van der Waals surface area contributed by atoms with Crippen LogP contribution in [-0.4, -0.2) is 36.9 Å². The fourth-order valence-electron chi connectivity index (χ4n) is 4.05. The fraction of sp³-hybridized carbons (Fsp3) is 0.417. The molecule has 1 aliphatic carbocycles. The Kier molecular flexibility index (Phi) is 8.22. The molecule has 1 amide bonds. The molecule has 1 aliphatic heterocycles. The number of guanidine groups is 1. The SMILES string of the molecule is CN=C(NCc1ccc(CN2CCCC2=O)cc1)NCC1(c2cccc(Cl)c2)CC1.I. The molecule has 1 saturated heterocycles. The summed E-state index contributed by atoms with van der Waals surface area (Å²) in [6.07, 6.45) is 3.99. The second kappa shape index (κ2) is 10.7. The van der Waals surface area contributed by atoms with Gasteiger partial charge >= 0.3 is 0 Å². The lowest BCUT2D eigenvalue weighted by Gasteiger charge is -2.19. The van der Waals surface area contributed by atoms with Crippen LogP contribution in [0.3, 0.4) is 0 Å². The number of aliphatic imine (C=N–C) groups is 1. The van der Waals surface area contributed by atoms with Gasteiger partial charge in [-0.2, -0.15) is 0 Å². The Bertz CT molecular complexity index is 927. The van der Waals surface area contributed by atoms with E-state index < -0.39 is 0 Å². The van der Waals surface area contributed by atoms with Crippen molar-refractivity contribution in [1.29, 1.82) is 0 Å². The van der Waals surface area contributed by atoms with Crippen LogP contribution in [0.2, 0.25) is 5.02 Å². The van der Waals surface area contributed by atoms with E-state index in [1.807, 2.05) is 17.0 Å². The zero-order chi connectivity index (χ0) is 21.0. The van der Waals surface area contributed by atoms with Gasteiger partial charge in [-0.1, -0.05) is 48.0 Å². The minimum absolute atomic E-state index is 0. The van der Waals surface area contributed by atoms with E-state index in [0.29, 0.717) is 19.5 Å². The van der Waals surface area contributed by atoms with Crippen molar-refractivity contribution in [2.45, 2.75) is 44.2 Å². The van der Waals surface area contributed by atoms with Gasteiger partial charge in [0.05, 0.1) is 0 Å². The number of likely N-dealkylation sites (tertiary alicyclic amines) is 1. The summed E-state index contributed by atoms with van der Waals surface area (Å²) in [7, 11) is 1.80. The third-order valence-corrected chi connectivity index (χ3v) is 6.37. The number of rotatable bonds is 7. The monoisotopic (exact) mass is 552 g/mol. The van der Waals surface area contributed by atoms with Gasteiger partial charge in [0.15, 0.2) is 5.96 Å². The molecule has 2 aromatic rings. The Morgan fingerprint density at radius 1 is 1.13 bits per heavy atom. The summed E-state index contributed by atoms with van der Waals surface area (Å²) in [5.41, 5.74) is 3.82. The number of hydrogen-bond acceptors (Lipinski definition) is 2. The largest absolute Gasteiger partial charge is 0.356 e. The maximum Gasteiger partial charge on any atom is 0.222 e. The van der Waals surface area contributed by atoms with Crippen LogP contribution in [0.15, 0.2) is 53.5 Å². The first-order valence-corrected chi connectivity index (χ1v) is 11.0. The van der Waals surface area contributed by atoms with Crippen molar-refractivity contribution >= 4 is 47.4 Å². The van der Waals surface area contributed by atoms with E-state index >= 15 is 0 Å². The molecule has 2 fully saturated rings. The van der Waals surface area contributed by atoms with E-state index in [0.717, 1.165) is 43.3 Å². The predicted octanol–water partition coefficient (Wildman–Crippen LogP) is 4.48. The lowest BCUT2D eigenvalue weighted by molar-refractivity contribution is -0.128. The minimum atomic E-state index is 0. The summed E-state index contributed by atoms with van der Waals surface area (Å²) < 4.78 is 0. The first-order chi connectivity index (χ1) is 14.6. The molecule has 0 bridgehead atoms. The summed E-state index contributed by atoms with van der Waals surface area (Å²) >= 11 is 6.18. The summed E-state index contributed by atoms with van der Waals surface area (Å²) in [6, 6.07) is 16.6. The van der Waals surface area contributed by atoms with E-state index in [1.54, 1.807) is 7.05 Å². The Hall–Kier alpha value is -1.80. The second-order valence-corrected chi connectivity index (χ2v) is 8.74. The van der Waals surface area contributed by atoms with Crippen LogP contribution in [0.25, 0.3) is 0 Å². The molecular formula is C24H30ClIN4O. The van der Waals surface area contributed by atoms with Crippen LogP contribution >= 0.6 is 35.6 Å². The van der Waals surface area contributed by atoms with Gasteiger partial charge in [0.2, 0.25) is 5.91 Å². The van der Waals surface area contributed by atoms with Gasteiger partial charge in [-0.25, -0.2) is 0 Å². The van der Waals surface area contributed by atoms with E-state index in [9.17, 15) is 4.79 Å². The van der Waals surface area contributed by atoms with Gasteiger partial charge in [-0.3, -0.25) is 9.79 Å². The molecule has 2 aromatic carbocycles. The molecule has 1 heterocycles. The first kappa shape index (κ1) is 23.9. The molecule has 0 aromatic heterocycles.